The van der Waals surface area contributed by atoms with E-state index in [2.05, 4.69) is 5.10 Å². The number of ketones is 1. The molecule has 35 heavy (non-hydrogen) atoms. The van der Waals surface area contributed by atoms with Crippen molar-refractivity contribution >= 4 is 23.4 Å². The molecule has 7 nitrogen and oxygen atoms in total. The van der Waals surface area contributed by atoms with Gasteiger partial charge in [-0.05, 0) is 63.9 Å². The number of esters is 1. The first-order valence-corrected chi connectivity index (χ1v) is 11.5. The van der Waals surface area contributed by atoms with Crippen LogP contribution in [0.15, 0.2) is 53.3 Å². The molecule has 3 rings (SSSR count). The van der Waals surface area contributed by atoms with Gasteiger partial charge >= 0.3 is 5.97 Å². The zero-order valence-electron chi connectivity index (χ0n) is 20.7. The van der Waals surface area contributed by atoms with E-state index in [1.54, 1.807) is 39.0 Å². The van der Waals surface area contributed by atoms with E-state index in [0.29, 0.717) is 21.7 Å². The Balaban J connectivity index is 2.17. The Hall–Kier alpha value is -3.45. The molecule has 0 aliphatic rings. The van der Waals surface area contributed by atoms with Crippen molar-refractivity contribution in [3.05, 3.63) is 80.6 Å². The molecule has 3 aromatic rings. The van der Waals surface area contributed by atoms with Crippen molar-refractivity contribution in [2.24, 2.45) is 0 Å². The summed E-state index contributed by atoms with van der Waals surface area (Å²) < 4.78 is 12.2. The van der Waals surface area contributed by atoms with Gasteiger partial charge in [0.25, 0.3) is 5.56 Å². The van der Waals surface area contributed by atoms with E-state index < -0.39 is 23.2 Å². The van der Waals surface area contributed by atoms with Gasteiger partial charge in [0.1, 0.15) is 5.60 Å². The fourth-order valence-corrected chi connectivity index (χ4v) is 3.82. The Kier molecular flexibility index (Phi) is 7.80. The van der Waals surface area contributed by atoms with Gasteiger partial charge in [-0.2, -0.15) is 0 Å². The number of aromatic nitrogens is 2. The molecule has 8 heteroatoms. The molecule has 1 heterocycles. The Labute approximate surface area is 209 Å². The van der Waals surface area contributed by atoms with Gasteiger partial charge in [0, 0.05) is 23.1 Å². The monoisotopic (exact) mass is 496 g/mol. The predicted octanol–water partition coefficient (Wildman–Crippen LogP) is 5.21. The summed E-state index contributed by atoms with van der Waals surface area (Å²) in [6, 6.07) is 12.7. The molecule has 0 radical (unpaired) electrons. The predicted molar refractivity (Wildman–Crippen MR) is 135 cm³/mol. The molecule has 0 aliphatic heterocycles. The highest BCUT2D eigenvalue weighted by Gasteiger charge is 2.30. The molecule has 0 bridgehead atoms. The molecule has 2 aromatic carbocycles. The van der Waals surface area contributed by atoms with Crippen LogP contribution in [0.1, 0.15) is 55.2 Å². The molecule has 0 saturated heterocycles. The minimum absolute atomic E-state index is 0.0758. The van der Waals surface area contributed by atoms with Crippen LogP contribution < -0.4 is 10.3 Å². The van der Waals surface area contributed by atoms with Crippen LogP contribution >= 0.6 is 11.6 Å². The molecule has 0 N–H and O–H groups in total. The summed E-state index contributed by atoms with van der Waals surface area (Å²) in [7, 11) is 1.40. The summed E-state index contributed by atoms with van der Waals surface area (Å²) in [4.78, 5) is 38.7. The number of Topliss-reactive ketones (excluding diaryl/α,β-unsaturated/α-hetero) is 1. The number of nitrogens with zero attached hydrogens (tertiary/aromatic N) is 2. The summed E-state index contributed by atoms with van der Waals surface area (Å²) >= 11 is 6.18. The van der Waals surface area contributed by atoms with E-state index in [0.717, 1.165) is 15.8 Å². The van der Waals surface area contributed by atoms with Crippen LogP contribution in [0.2, 0.25) is 5.02 Å². The minimum Gasteiger partial charge on any atom is -0.480 e. The Bertz CT molecular complexity index is 1310. The SMILES string of the molecule is COc1nn(C(Cc2ccc(C)cc2)C(=O)OC(C)(C)C)c(=O)cc1-c1cc(Cl)ccc1C(C)=O. The first-order valence-electron chi connectivity index (χ1n) is 11.2. The van der Waals surface area contributed by atoms with Crippen molar-refractivity contribution in [1.29, 1.82) is 0 Å². The first-order chi connectivity index (χ1) is 16.4. The van der Waals surface area contributed by atoms with E-state index in [4.69, 9.17) is 21.1 Å². The van der Waals surface area contributed by atoms with Crippen molar-refractivity contribution in [2.45, 2.75) is 52.7 Å². The topological polar surface area (TPSA) is 87.5 Å². The molecule has 0 fully saturated rings. The van der Waals surface area contributed by atoms with Gasteiger partial charge in [-0.1, -0.05) is 41.4 Å². The second-order valence-corrected chi connectivity index (χ2v) is 9.77. The molecule has 0 amide bonds. The lowest BCUT2D eigenvalue weighted by atomic mass is 9.98. The average molecular weight is 497 g/mol. The highest BCUT2D eigenvalue weighted by molar-refractivity contribution is 6.31. The zero-order valence-corrected chi connectivity index (χ0v) is 21.5. The van der Waals surface area contributed by atoms with Gasteiger partial charge in [0.2, 0.25) is 5.88 Å². The normalized spacial score (nSPS) is 12.2. The minimum atomic E-state index is -1.03. The second-order valence-electron chi connectivity index (χ2n) is 9.34. The van der Waals surface area contributed by atoms with Crippen molar-refractivity contribution < 1.29 is 19.1 Å². The summed E-state index contributed by atoms with van der Waals surface area (Å²) in [5.74, 6) is -0.713. The maximum atomic E-state index is 13.3. The van der Waals surface area contributed by atoms with Crippen LogP contribution in [-0.2, 0) is 16.0 Å². The van der Waals surface area contributed by atoms with Crippen molar-refractivity contribution in [3.8, 4) is 17.0 Å². The van der Waals surface area contributed by atoms with E-state index >= 15 is 0 Å². The number of carbonyl (C=O) groups excluding carboxylic acids is 2. The molecule has 1 aromatic heterocycles. The molecule has 184 valence electrons. The maximum Gasteiger partial charge on any atom is 0.331 e. The Morgan fingerprint density at radius 2 is 1.71 bits per heavy atom. The molecule has 1 atom stereocenters. The lowest BCUT2D eigenvalue weighted by molar-refractivity contribution is -0.159. The van der Waals surface area contributed by atoms with Crippen LogP contribution in [0.3, 0.4) is 0 Å². The third-order valence-corrected chi connectivity index (χ3v) is 5.53. The molecule has 0 spiro atoms. The molecular weight excluding hydrogens is 468 g/mol. The number of benzene rings is 2. The standard InChI is InChI=1S/C27H29ClN2O5/c1-16-7-9-18(10-8-16)13-23(26(33)35-27(3,4)5)30-24(32)15-22(25(29-30)34-6)21-14-19(28)11-12-20(21)17(2)31/h7-12,14-15,23H,13H2,1-6H3. The van der Waals surface area contributed by atoms with Crippen LogP contribution in [-0.4, -0.2) is 34.2 Å². The lowest BCUT2D eigenvalue weighted by Gasteiger charge is -2.25. The third kappa shape index (κ3) is 6.36. The summed E-state index contributed by atoms with van der Waals surface area (Å²) in [6.45, 7) is 8.67. The van der Waals surface area contributed by atoms with E-state index in [-0.39, 0.29) is 18.1 Å². The van der Waals surface area contributed by atoms with Gasteiger partial charge in [-0.3, -0.25) is 9.59 Å². The van der Waals surface area contributed by atoms with Crippen molar-refractivity contribution in [3.63, 3.8) is 0 Å². The molecular formula is C27H29ClN2O5. The maximum absolute atomic E-state index is 13.3. The zero-order chi connectivity index (χ0) is 25.9. The number of carbonyl (C=O) groups is 2. The van der Waals surface area contributed by atoms with Gasteiger partial charge in [0.15, 0.2) is 11.8 Å². The van der Waals surface area contributed by atoms with E-state index in [1.165, 1.54) is 20.1 Å². The van der Waals surface area contributed by atoms with Gasteiger partial charge < -0.3 is 9.47 Å². The highest BCUT2D eigenvalue weighted by atomic mass is 35.5. The fraction of sp³-hybridized carbons (Fsp3) is 0.333. The van der Waals surface area contributed by atoms with Gasteiger partial charge in [-0.25, -0.2) is 9.48 Å². The van der Waals surface area contributed by atoms with Crippen LogP contribution in [0.25, 0.3) is 11.1 Å². The number of hydrogen-bond donors (Lipinski definition) is 0. The van der Waals surface area contributed by atoms with E-state index in [1.807, 2.05) is 31.2 Å². The summed E-state index contributed by atoms with van der Waals surface area (Å²) in [5.41, 5.74) is 1.72. The van der Waals surface area contributed by atoms with Crippen LogP contribution in [0.5, 0.6) is 5.88 Å². The average Bonchev–Trinajstić information content (AvgIpc) is 2.77. The second kappa shape index (κ2) is 10.4. The van der Waals surface area contributed by atoms with Crippen LogP contribution in [0, 0.1) is 6.92 Å². The van der Waals surface area contributed by atoms with Crippen LogP contribution in [0.4, 0.5) is 0 Å². The number of rotatable bonds is 7. The first kappa shape index (κ1) is 26.2. The fourth-order valence-electron chi connectivity index (χ4n) is 3.65. The van der Waals surface area contributed by atoms with Gasteiger partial charge in [-0.15, -0.1) is 5.10 Å². The number of halogens is 1. The molecule has 0 saturated carbocycles. The summed E-state index contributed by atoms with van der Waals surface area (Å²) in [5, 5.41) is 4.78. The molecule has 0 aliphatic carbocycles. The largest absolute Gasteiger partial charge is 0.480 e. The van der Waals surface area contributed by atoms with Crippen molar-refractivity contribution in [2.75, 3.05) is 7.11 Å². The number of methoxy groups -OCH3 is 1. The summed E-state index contributed by atoms with van der Waals surface area (Å²) in [6.07, 6.45) is 0.195. The third-order valence-electron chi connectivity index (χ3n) is 5.29. The quantitative estimate of drug-likeness (QED) is 0.329. The highest BCUT2D eigenvalue weighted by Crippen LogP contribution is 2.33. The number of ether oxygens (including phenoxy) is 2. The molecule has 1 unspecified atom stereocenters. The Morgan fingerprint density at radius 1 is 1.06 bits per heavy atom. The number of hydrogen-bond acceptors (Lipinski definition) is 6. The Morgan fingerprint density at radius 3 is 2.29 bits per heavy atom. The van der Waals surface area contributed by atoms with E-state index in [9.17, 15) is 14.4 Å². The number of aryl methyl sites for hydroxylation is 1. The smallest absolute Gasteiger partial charge is 0.331 e. The van der Waals surface area contributed by atoms with Gasteiger partial charge in [0.05, 0.1) is 12.7 Å². The van der Waals surface area contributed by atoms with Crippen molar-refractivity contribution in [1.82, 2.24) is 9.78 Å². The lowest BCUT2D eigenvalue weighted by Crippen LogP contribution is -2.37.